The van der Waals surface area contributed by atoms with Crippen LogP contribution in [0.4, 0.5) is 0 Å². The highest BCUT2D eigenvalue weighted by Gasteiger charge is 2.36. The molecule has 32 heavy (non-hydrogen) atoms. The minimum absolute atomic E-state index is 0.183. The van der Waals surface area contributed by atoms with E-state index in [1.807, 2.05) is 12.3 Å². The molecule has 6 rings (SSSR count). The summed E-state index contributed by atoms with van der Waals surface area (Å²) in [5, 5.41) is 5.05. The van der Waals surface area contributed by atoms with Crippen molar-refractivity contribution in [2.24, 2.45) is 0 Å². The van der Waals surface area contributed by atoms with Gasteiger partial charge in [0.25, 0.3) is 0 Å². The predicted molar refractivity (Wildman–Crippen MR) is 138 cm³/mol. The van der Waals surface area contributed by atoms with Crippen molar-refractivity contribution in [3.05, 3.63) is 77.0 Å². The Hall–Kier alpha value is -2.91. The summed E-state index contributed by atoms with van der Waals surface area (Å²) in [5.41, 5.74) is 9.44. The molecule has 3 aromatic carbocycles. The molecule has 1 aliphatic carbocycles. The number of pyridine rings is 1. The van der Waals surface area contributed by atoms with E-state index in [1.54, 1.807) is 0 Å². The highest BCUT2D eigenvalue weighted by Crippen LogP contribution is 2.51. The van der Waals surface area contributed by atoms with Crippen molar-refractivity contribution >= 4 is 40.8 Å². The molecule has 0 saturated heterocycles. The molecule has 5 aromatic rings. The lowest BCUT2D eigenvalue weighted by Crippen LogP contribution is -2.24. The molecule has 0 N–H and O–H groups in total. The second kappa shape index (κ2) is 6.32. The summed E-state index contributed by atoms with van der Waals surface area (Å²) in [6.07, 6.45) is 1.90. The zero-order valence-corrected chi connectivity index (χ0v) is 20.8. The second-order valence-corrected chi connectivity index (χ2v) is 16.7. The molecule has 3 heteroatoms. The van der Waals surface area contributed by atoms with E-state index in [2.05, 4.69) is 82.9 Å². The summed E-state index contributed by atoms with van der Waals surface area (Å²) >= 11 is 0. The standard InChI is InChI=1S/C29H29NOSi/c1-17-7-10-20-18(15-17)8-11-21-26(20)29(2,3)22-12-9-19(16-32(4,5)6)28-24(22)25-23(31-28)13-14-30-27(21)25/h7-15H,16H2,1-6H3. The van der Waals surface area contributed by atoms with Crippen molar-refractivity contribution in [3.63, 3.8) is 0 Å². The summed E-state index contributed by atoms with van der Waals surface area (Å²) in [7, 11) is -1.31. The molecule has 0 aliphatic heterocycles. The molecule has 0 amide bonds. The van der Waals surface area contributed by atoms with Crippen LogP contribution in [0.25, 0.3) is 44.0 Å². The lowest BCUT2D eigenvalue weighted by Gasteiger charge is -2.30. The van der Waals surface area contributed by atoms with Gasteiger partial charge < -0.3 is 4.42 Å². The van der Waals surface area contributed by atoms with Crippen molar-refractivity contribution in [1.82, 2.24) is 4.98 Å². The average Bonchev–Trinajstić information content (AvgIpc) is 3.08. The van der Waals surface area contributed by atoms with Gasteiger partial charge in [0.05, 0.1) is 11.1 Å². The van der Waals surface area contributed by atoms with Crippen LogP contribution in [0.1, 0.15) is 36.1 Å². The lowest BCUT2D eigenvalue weighted by atomic mass is 9.73. The Morgan fingerprint density at radius 3 is 2.53 bits per heavy atom. The fourth-order valence-corrected chi connectivity index (χ4v) is 7.18. The zero-order chi connectivity index (χ0) is 22.4. The van der Waals surface area contributed by atoms with E-state index in [1.165, 1.54) is 49.4 Å². The molecule has 0 bridgehead atoms. The number of hydrogen-bond acceptors (Lipinski definition) is 2. The molecule has 0 unspecified atom stereocenters. The predicted octanol–water partition coefficient (Wildman–Crippen LogP) is 8.17. The molecular formula is C29H29NOSi. The molecule has 160 valence electrons. The third-order valence-corrected chi connectivity index (χ3v) is 8.51. The van der Waals surface area contributed by atoms with Gasteiger partial charge in [0.1, 0.15) is 11.2 Å². The van der Waals surface area contributed by atoms with Crippen LogP contribution in [0, 0.1) is 6.92 Å². The summed E-state index contributed by atoms with van der Waals surface area (Å²) < 4.78 is 6.58. The highest BCUT2D eigenvalue weighted by molar-refractivity contribution is 6.75. The molecule has 0 fully saturated rings. The van der Waals surface area contributed by atoms with Crippen LogP contribution in [0.5, 0.6) is 0 Å². The zero-order valence-electron chi connectivity index (χ0n) is 19.8. The Morgan fingerprint density at radius 1 is 0.938 bits per heavy atom. The lowest BCUT2D eigenvalue weighted by molar-refractivity contribution is 0.645. The maximum atomic E-state index is 6.58. The Labute approximate surface area is 190 Å². The van der Waals surface area contributed by atoms with Crippen LogP contribution >= 0.6 is 0 Å². The summed E-state index contributed by atoms with van der Waals surface area (Å²) in [6, 6.07) is 19.2. The fraction of sp³-hybridized carbons (Fsp3) is 0.276. The Morgan fingerprint density at radius 2 is 1.75 bits per heavy atom. The van der Waals surface area contributed by atoms with E-state index in [0.717, 1.165) is 22.9 Å². The first kappa shape index (κ1) is 19.7. The van der Waals surface area contributed by atoms with E-state index in [-0.39, 0.29) is 5.41 Å². The number of nitrogens with zero attached hydrogens (tertiary/aromatic N) is 1. The molecule has 2 nitrogen and oxygen atoms in total. The Bertz CT molecular complexity index is 1570. The van der Waals surface area contributed by atoms with Crippen molar-refractivity contribution in [1.29, 1.82) is 0 Å². The Balaban J connectivity index is 1.81. The first-order chi connectivity index (χ1) is 15.1. The number of benzene rings is 3. The van der Waals surface area contributed by atoms with Gasteiger partial charge in [-0.3, -0.25) is 4.98 Å². The SMILES string of the molecule is Cc1ccc2c3c(ccc2c1)-c1nccc2oc4c(C[Si](C)(C)C)ccc(c4c12)C3(C)C. The maximum Gasteiger partial charge on any atom is 0.139 e. The molecular weight excluding hydrogens is 406 g/mol. The molecule has 0 saturated carbocycles. The molecule has 1 aliphatic rings. The van der Waals surface area contributed by atoms with Crippen molar-refractivity contribution in [2.45, 2.75) is 51.9 Å². The summed E-state index contributed by atoms with van der Waals surface area (Å²) in [4.78, 5) is 4.94. The van der Waals surface area contributed by atoms with Gasteiger partial charge in [0.15, 0.2) is 0 Å². The van der Waals surface area contributed by atoms with E-state index in [4.69, 9.17) is 9.40 Å². The fourth-order valence-electron chi connectivity index (χ4n) is 5.76. The summed E-state index contributed by atoms with van der Waals surface area (Å²) in [6.45, 7) is 14.2. The molecule has 2 aromatic heterocycles. The maximum absolute atomic E-state index is 6.58. The van der Waals surface area contributed by atoms with Gasteiger partial charge >= 0.3 is 0 Å². The summed E-state index contributed by atoms with van der Waals surface area (Å²) in [5.74, 6) is 0. The van der Waals surface area contributed by atoms with Gasteiger partial charge in [-0.05, 0) is 46.5 Å². The molecule has 0 atom stereocenters. The first-order valence-electron chi connectivity index (χ1n) is 11.5. The number of furan rings is 1. The van der Waals surface area contributed by atoms with E-state index in [9.17, 15) is 0 Å². The van der Waals surface area contributed by atoms with Gasteiger partial charge in [0, 0.05) is 30.6 Å². The van der Waals surface area contributed by atoms with Crippen molar-refractivity contribution in [2.75, 3.05) is 0 Å². The third-order valence-electron chi connectivity index (χ3n) is 7.06. The average molecular weight is 436 g/mol. The van der Waals surface area contributed by atoms with Gasteiger partial charge in [-0.1, -0.05) is 81.5 Å². The monoisotopic (exact) mass is 435 g/mol. The van der Waals surface area contributed by atoms with Crippen molar-refractivity contribution in [3.8, 4) is 11.3 Å². The molecule has 2 heterocycles. The van der Waals surface area contributed by atoms with E-state index >= 15 is 0 Å². The van der Waals surface area contributed by atoms with Gasteiger partial charge in [-0.2, -0.15) is 0 Å². The number of aromatic nitrogens is 1. The van der Waals surface area contributed by atoms with Crippen LogP contribution in [0.3, 0.4) is 0 Å². The second-order valence-electron chi connectivity index (χ2n) is 11.2. The number of rotatable bonds is 2. The largest absolute Gasteiger partial charge is 0.456 e. The minimum Gasteiger partial charge on any atom is -0.456 e. The van der Waals surface area contributed by atoms with Crippen LogP contribution in [0.15, 0.2) is 59.1 Å². The minimum atomic E-state index is -1.31. The van der Waals surface area contributed by atoms with Crippen LogP contribution in [-0.2, 0) is 11.5 Å². The highest BCUT2D eigenvalue weighted by atomic mass is 28.3. The van der Waals surface area contributed by atoms with Crippen LogP contribution in [-0.4, -0.2) is 13.1 Å². The van der Waals surface area contributed by atoms with E-state index < -0.39 is 8.07 Å². The third kappa shape index (κ3) is 2.67. The number of aryl methyl sites for hydroxylation is 1. The van der Waals surface area contributed by atoms with Crippen molar-refractivity contribution < 1.29 is 4.42 Å². The quantitative estimate of drug-likeness (QED) is 0.261. The smallest absolute Gasteiger partial charge is 0.139 e. The van der Waals surface area contributed by atoms with Crippen LogP contribution < -0.4 is 0 Å². The van der Waals surface area contributed by atoms with Gasteiger partial charge in [-0.15, -0.1) is 0 Å². The van der Waals surface area contributed by atoms with E-state index in [0.29, 0.717) is 0 Å². The molecule has 0 radical (unpaired) electrons. The number of hydrogen-bond donors (Lipinski definition) is 0. The van der Waals surface area contributed by atoms with Gasteiger partial charge in [0.2, 0.25) is 0 Å². The van der Waals surface area contributed by atoms with Crippen LogP contribution in [0.2, 0.25) is 19.6 Å². The number of fused-ring (bicyclic) bond motifs is 4. The Kier molecular flexibility index (Phi) is 3.90. The van der Waals surface area contributed by atoms with Gasteiger partial charge in [-0.25, -0.2) is 0 Å². The normalized spacial score (nSPS) is 14.9. The first-order valence-corrected chi connectivity index (χ1v) is 15.2. The topological polar surface area (TPSA) is 26.0 Å². The molecule has 0 spiro atoms.